The van der Waals surface area contributed by atoms with Gasteiger partial charge in [0.25, 0.3) is 5.91 Å². The van der Waals surface area contributed by atoms with Gasteiger partial charge in [0.1, 0.15) is 23.9 Å². The molecule has 1 heterocycles. The van der Waals surface area contributed by atoms with Gasteiger partial charge in [-0.2, -0.15) is 0 Å². The number of hydrogen-bond donors (Lipinski definition) is 1. The van der Waals surface area contributed by atoms with Crippen LogP contribution in [0.1, 0.15) is 29.9 Å². The Morgan fingerprint density at radius 2 is 1.85 bits per heavy atom. The van der Waals surface area contributed by atoms with Crippen molar-refractivity contribution in [3.63, 3.8) is 0 Å². The molecule has 4 nitrogen and oxygen atoms in total. The van der Waals surface area contributed by atoms with Crippen molar-refractivity contribution in [3.05, 3.63) is 82.3 Å². The van der Waals surface area contributed by atoms with Crippen LogP contribution in [0.2, 0.25) is 0 Å². The van der Waals surface area contributed by atoms with Gasteiger partial charge >= 0.3 is 0 Å². The molecule has 2 N–H and O–H groups in total. The standard InChI is InChI=1S/C19H14BrFN2O2.C2H6/c20-14-3-1-2-12(8-14)11-25-18-10-23-17(19(22)24)9-16(18)13-4-6-15(21)7-5-13;1-2/h1-10H,11H2,(H2,22,24);1-2H3. The molecular weight excluding hydrogens is 411 g/mol. The molecule has 2 aromatic carbocycles. The lowest BCUT2D eigenvalue weighted by Crippen LogP contribution is -2.13. The van der Waals surface area contributed by atoms with Crippen LogP contribution in [-0.4, -0.2) is 10.9 Å². The van der Waals surface area contributed by atoms with Gasteiger partial charge in [0.2, 0.25) is 0 Å². The molecular formula is C21H20BrFN2O2. The smallest absolute Gasteiger partial charge is 0.267 e. The number of benzene rings is 2. The summed E-state index contributed by atoms with van der Waals surface area (Å²) >= 11 is 3.42. The van der Waals surface area contributed by atoms with Crippen molar-refractivity contribution in [3.8, 4) is 16.9 Å². The Hall–Kier alpha value is -2.73. The van der Waals surface area contributed by atoms with Crippen molar-refractivity contribution in [2.24, 2.45) is 5.73 Å². The molecule has 0 radical (unpaired) electrons. The molecule has 0 saturated heterocycles. The summed E-state index contributed by atoms with van der Waals surface area (Å²) in [6, 6.07) is 15.2. The molecule has 27 heavy (non-hydrogen) atoms. The first-order valence-electron chi connectivity index (χ1n) is 8.46. The highest BCUT2D eigenvalue weighted by Gasteiger charge is 2.12. The number of ether oxygens (including phenoxy) is 1. The molecule has 140 valence electrons. The van der Waals surface area contributed by atoms with Crippen LogP contribution >= 0.6 is 15.9 Å². The SMILES string of the molecule is CC.NC(=O)c1cc(-c2ccc(F)cc2)c(OCc2cccc(Br)c2)cn1. The van der Waals surface area contributed by atoms with Crippen LogP contribution in [0.4, 0.5) is 4.39 Å². The van der Waals surface area contributed by atoms with E-state index in [1.165, 1.54) is 18.3 Å². The van der Waals surface area contributed by atoms with Crippen molar-refractivity contribution in [1.82, 2.24) is 4.98 Å². The number of halogens is 2. The number of amides is 1. The van der Waals surface area contributed by atoms with E-state index in [4.69, 9.17) is 10.5 Å². The molecule has 0 bridgehead atoms. The quantitative estimate of drug-likeness (QED) is 0.592. The molecule has 0 atom stereocenters. The highest BCUT2D eigenvalue weighted by molar-refractivity contribution is 9.10. The first-order chi connectivity index (χ1) is 13.0. The van der Waals surface area contributed by atoms with Crippen molar-refractivity contribution in [2.75, 3.05) is 0 Å². The number of hydrogen-bond acceptors (Lipinski definition) is 3. The molecule has 3 aromatic rings. The van der Waals surface area contributed by atoms with Crippen molar-refractivity contribution >= 4 is 21.8 Å². The third-order valence-corrected chi connectivity index (χ3v) is 4.05. The summed E-state index contributed by atoms with van der Waals surface area (Å²) in [5, 5.41) is 0. The minimum Gasteiger partial charge on any atom is -0.487 e. The first kappa shape index (κ1) is 20.6. The number of carbonyl (C=O) groups excluding carboxylic acids is 1. The molecule has 1 amide bonds. The van der Waals surface area contributed by atoms with Crippen LogP contribution in [0.5, 0.6) is 5.75 Å². The number of aromatic nitrogens is 1. The predicted octanol–water partition coefficient (Wildman–Crippen LogP) is 5.35. The normalized spacial score (nSPS) is 9.93. The summed E-state index contributed by atoms with van der Waals surface area (Å²) < 4.78 is 20.0. The van der Waals surface area contributed by atoms with E-state index in [9.17, 15) is 9.18 Å². The molecule has 0 aliphatic carbocycles. The number of nitrogens with zero attached hydrogens (tertiary/aromatic N) is 1. The summed E-state index contributed by atoms with van der Waals surface area (Å²) in [6.45, 7) is 4.32. The lowest BCUT2D eigenvalue weighted by molar-refractivity contribution is 0.0995. The lowest BCUT2D eigenvalue weighted by Gasteiger charge is -2.12. The van der Waals surface area contributed by atoms with E-state index in [0.717, 1.165) is 10.0 Å². The van der Waals surface area contributed by atoms with Crippen LogP contribution < -0.4 is 10.5 Å². The third-order valence-electron chi connectivity index (χ3n) is 3.56. The van der Waals surface area contributed by atoms with E-state index in [1.54, 1.807) is 18.2 Å². The van der Waals surface area contributed by atoms with Crippen LogP contribution in [0, 0.1) is 5.82 Å². The van der Waals surface area contributed by atoms with E-state index in [2.05, 4.69) is 20.9 Å². The maximum Gasteiger partial charge on any atom is 0.267 e. The van der Waals surface area contributed by atoms with E-state index in [0.29, 0.717) is 23.5 Å². The van der Waals surface area contributed by atoms with Gasteiger partial charge in [-0.15, -0.1) is 0 Å². The maximum absolute atomic E-state index is 13.2. The van der Waals surface area contributed by atoms with Crippen LogP contribution in [0.15, 0.2) is 65.3 Å². The summed E-state index contributed by atoms with van der Waals surface area (Å²) in [5.41, 5.74) is 7.73. The van der Waals surface area contributed by atoms with Gasteiger partial charge in [-0.25, -0.2) is 9.37 Å². The Balaban J connectivity index is 0.00000126. The predicted molar refractivity (Wildman–Crippen MR) is 108 cm³/mol. The fourth-order valence-corrected chi connectivity index (χ4v) is 2.78. The highest BCUT2D eigenvalue weighted by Crippen LogP contribution is 2.31. The molecule has 0 spiro atoms. The largest absolute Gasteiger partial charge is 0.487 e. The van der Waals surface area contributed by atoms with Crippen LogP contribution in [0.25, 0.3) is 11.1 Å². The zero-order chi connectivity index (χ0) is 19.8. The van der Waals surface area contributed by atoms with Gasteiger partial charge in [-0.1, -0.05) is 54.0 Å². The average Bonchev–Trinajstić information content (AvgIpc) is 2.68. The van der Waals surface area contributed by atoms with Crippen LogP contribution in [0.3, 0.4) is 0 Å². The van der Waals surface area contributed by atoms with Gasteiger partial charge in [0, 0.05) is 10.0 Å². The van der Waals surface area contributed by atoms with E-state index >= 15 is 0 Å². The zero-order valence-electron chi connectivity index (χ0n) is 15.1. The molecule has 0 saturated carbocycles. The molecule has 0 aliphatic rings. The summed E-state index contributed by atoms with van der Waals surface area (Å²) in [7, 11) is 0. The summed E-state index contributed by atoms with van der Waals surface area (Å²) in [4.78, 5) is 15.4. The number of rotatable bonds is 5. The fourth-order valence-electron chi connectivity index (χ4n) is 2.34. The fraction of sp³-hybridized carbons (Fsp3) is 0.143. The summed E-state index contributed by atoms with van der Waals surface area (Å²) in [5.74, 6) is -0.497. The molecule has 0 fully saturated rings. The van der Waals surface area contributed by atoms with Crippen molar-refractivity contribution in [1.29, 1.82) is 0 Å². The van der Waals surface area contributed by atoms with E-state index in [-0.39, 0.29) is 11.5 Å². The molecule has 3 rings (SSSR count). The van der Waals surface area contributed by atoms with Crippen LogP contribution in [-0.2, 0) is 6.61 Å². The van der Waals surface area contributed by atoms with Gasteiger partial charge in [0.15, 0.2) is 0 Å². The zero-order valence-corrected chi connectivity index (χ0v) is 16.7. The average molecular weight is 431 g/mol. The topological polar surface area (TPSA) is 65.2 Å². The molecule has 1 aromatic heterocycles. The number of nitrogens with two attached hydrogens (primary N) is 1. The van der Waals surface area contributed by atoms with E-state index in [1.807, 2.05) is 38.1 Å². The van der Waals surface area contributed by atoms with E-state index < -0.39 is 5.91 Å². The Morgan fingerprint density at radius 3 is 2.48 bits per heavy atom. The first-order valence-corrected chi connectivity index (χ1v) is 9.25. The second kappa shape index (κ2) is 9.83. The summed E-state index contributed by atoms with van der Waals surface area (Å²) in [6.07, 6.45) is 1.46. The lowest BCUT2D eigenvalue weighted by atomic mass is 10.0. The Kier molecular flexibility index (Phi) is 7.49. The molecule has 0 unspecified atom stereocenters. The minimum atomic E-state index is -0.637. The third kappa shape index (κ3) is 5.62. The monoisotopic (exact) mass is 430 g/mol. The van der Waals surface area contributed by atoms with Crippen molar-refractivity contribution in [2.45, 2.75) is 20.5 Å². The number of primary amides is 1. The Bertz CT molecular complexity index is 914. The van der Waals surface area contributed by atoms with Crippen molar-refractivity contribution < 1.29 is 13.9 Å². The van der Waals surface area contributed by atoms with Gasteiger partial charge in [-0.3, -0.25) is 4.79 Å². The molecule has 0 aliphatic heterocycles. The Labute approximate surface area is 166 Å². The number of carbonyl (C=O) groups is 1. The van der Waals surface area contributed by atoms with Gasteiger partial charge < -0.3 is 10.5 Å². The molecule has 6 heteroatoms. The van der Waals surface area contributed by atoms with Gasteiger partial charge in [-0.05, 0) is 41.5 Å². The second-order valence-corrected chi connectivity index (χ2v) is 6.27. The highest BCUT2D eigenvalue weighted by atomic mass is 79.9. The Morgan fingerprint density at radius 1 is 1.15 bits per heavy atom. The second-order valence-electron chi connectivity index (χ2n) is 5.36. The van der Waals surface area contributed by atoms with Gasteiger partial charge in [0.05, 0.1) is 6.20 Å². The minimum absolute atomic E-state index is 0.120. The number of pyridine rings is 1. The maximum atomic E-state index is 13.2.